The summed E-state index contributed by atoms with van der Waals surface area (Å²) < 4.78 is 0. The molecule has 74 valence electrons. The molecule has 14 heavy (non-hydrogen) atoms. The molecule has 0 aliphatic carbocycles. The molecule has 0 atom stereocenters. The molecule has 3 heteroatoms. The second kappa shape index (κ2) is 4.22. The molecule has 0 unspecified atom stereocenters. The molecule has 0 aromatic carbocycles. The molecule has 3 nitrogen and oxygen atoms in total. The summed E-state index contributed by atoms with van der Waals surface area (Å²) in [5, 5.41) is 8.25. The Hall–Kier alpha value is -1.38. The minimum Gasteiger partial charge on any atom is -0.284 e. The molecule has 0 aliphatic rings. The third kappa shape index (κ3) is 1.76. The van der Waals surface area contributed by atoms with Gasteiger partial charge in [0.1, 0.15) is 5.52 Å². The zero-order chi connectivity index (χ0) is 9.80. The first-order valence-electron chi connectivity index (χ1n) is 5.19. The molecule has 1 N–H and O–H groups in total. The topological polar surface area (TPSA) is 41.6 Å². The van der Waals surface area contributed by atoms with E-state index in [1.165, 1.54) is 19.3 Å². The lowest BCUT2D eigenvalue weighted by molar-refractivity contribution is 0.709. The van der Waals surface area contributed by atoms with Crippen LogP contribution >= 0.6 is 0 Å². The number of aromatic nitrogens is 3. The Kier molecular flexibility index (Phi) is 2.77. The summed E-state index contributed by atoms with van der Waals surface area (Å²) in [7, 11) is 0. The first-order valence-corrected chi connectivity index (χ1v) is 5.19. The van der Waals surface area contributed by atoms with Crippen molar-refractivity contribution in [1.82, 2.24) is 15.2 Å². The number of fused-ring (bicyclic) bond motifs is 1. The second-order valence-electron chi connectivity index (χ2n) is 3.54. The van der Waals surface area contributed by atoms with E-state index in [2.05, 4.69) is 22.1 Å². The SMILES string of the molecule is CCCCCc1nccc2c[nH]nc12. The lowest BCUT2D eigenvalue weighted by Gasteiger charge is -1.99. The van der Waals surface area contributed by atoms with Gasteiger partial charge in [0.2, 0.25) is 0 Å². The summed E-state index contributed by atoms with van der Waals surface area (Å²) in [4.78, 5) is 4.37. The van der Waals surface area contributed by atoms with Crippen LogP contribution in [0.5, 0.6) is 0 Å². The highest BCUT2D eigenvalue weighted by Gasteiger charge is 2.03. The van der Waals surface area contributed by atoms with Gasteiger partial charge in [-0.3, -0.25) is 10.1 Å². The number of unbranched alkanes of at least 4 members (excludes halogenated alkanes) is 2. The van der Waals surface area contributed by atoms with E-state index in [0.29, 0.717) is 0 Å². The highest BCUT2D eigenvalue weighted by atomic mass is 15.1. The van der Waals surface area contributed by atoms with Crippen LogP contribution in [-0.2, 0) is 6.42 Å². The minimum atomic E-state index is 1.03. The van der Waals surface area contributed by atoms with E-state index < -0.39 is 0 Å². The molecular formula is C11H15N3. The van der Waals surface area contributed by atoms with Gasteiger partial charge in [-0.25, -0.2) is 0 Å². The third-order valence-electron chi connectivity index (χ3n) is 2.44. The fourth-order valence-electron chi connectivity index (χ4n) is 1.65. The van der Waals surface area contributed by atoms with Crippen LogP contribution in [0, 0.1) is 0 Å². The number of nitrogens with zero attached hydrogens (tertiary/aromatic N) is 2. The highest BCUT2D eigenvalue weighted by molar-refractivity contribution is 5.79. The largest absolute Gasteiger partial charge is 0.284 e. The predicted octanol–water partition coefficient (Wildman–Crippen LogP) is 2.69. The van der Waals surface area contributed by atoms with E-state index in [1.54, 1.807) is 0 Å². The van der Waals surface area contributed by atoms with E-state index in [4.69, 9.17) is 0 Å². The van der Waals surface area contributed by atoms with Gasteiger partial charge in [-0.15, -0.1) is 0 Å². The summed E-state index contributed by atoms with van der Waals surface area (Å²) in [5.74, 6) is 0. The van der Waals surface area contributed by atoms with Crippen molar-refractivity contribution < 1.29 is 0 Å². The Bertz CT molecular complexity index is 406. The molecule has 2 rings (SSSR count). The summed E-state index contributed by atoms with van der Waals surface area (Å²) in [6, 6.07) is 1.99. The van der Waals surface area contributed by atoms with E-state index >= 15 is 0 Å². The quantitative estimate of drug-likeness (QED) is 0.751. The number of pyridine rings is 1. The molecule has 2 heterocycles. The van der Waals surface area contributed by atoms with Crippen molar-refractivity contribution in [2.75, 3.05) is 0 Å². The van der Waals surface area contributed by atoms with E-state index in [1.807, 2.05) is 18.5 Å². The van der Waals surface area contributed by atoms with Crippen molar-refractivity contribution in [2.24, 2.45) is 0 Å². The number of aryl methyl sites for hydroxylation is 1. The molecule has 0 saturated heterocycles. The number of nitrogens with one attached hydrogen (secondary N) is 1. The normalized spacial score (nSPS) is 10.9. The maximum Gasteiger partial charge on any atom is 0.114 e. The van der Waals surface area contributed by atoms with Crippen LogP contribution in [0.2, 0.25) is 0 Å². The first-order chi connectivity index (χ1) is 6.92. The van der Waals surface area contributed by atoms with E-state index in [0.717, 1.165) is 23.0 Å². The average molecular weight is 189 g/mol. The van der Waals surface area contributed by atoms with E-state index in [9.17, 15) is 0 Å². The van der Waals surface area contributed by atoms with Gasteiger partial charge in [-0.1, -0.05) is 19.8 Å². The fraction of sp³-hybridized carbons (Fsp3) is 0.455. The zero-order valence-electron chi connectivity index (χ0n) is 8.45. The van der Waals surface area contributed by atoms with Gasteiger partial charge in [0, 0.05) is 17.8 Å². The van der Waals surface area contributed by atoms with Crippen molar-refractivity contribution in [2.45, 2.75) is 32.6 Å². The maximum absolute atomic E-state index is 4.37. The maximum atomic E-state index is 4.37. The van der Waals surface area contributed by atoms with Crippen LogP contribution in [-0.4, -0.2) is 15.2 Å². The van der Waals surface area contributed by atoms with Crippen LogP contribution in [0.25, 0.3) is 10.9 Å². The number of rotatable bonds is 4. The highest BCUT2D eigenvalue weighted by Crippen LogP contribution is 2.15. The summed E-state index contributed by atoms with van der Waals surface area (Å²) >= 11 is 0. The number of aromatic amines is 1. The van der Waals surface area contributed by atoms with Crippen LogP contribution in [0.4, 0.5) is 0 Å². The van der Waals surface area contributed by atoms with Gasteiger partial charge in [0.25, 0.3) is 0 Å². The van der Waals surface area contributed by atoms with Crippen molar-refractivity contribution in [3.05, 3.63) is 24.2 Å². The van der Waals surface area contributed by atoms with Gasteiger partial charge in [-0.2, -0.15) is 5.10 Å². The molecule has 0 radical (unpaired) electrons. The first kappa shape index (κ1) is 9.19. The molecule has 0 aliphatic heterocycles. The standard InChI is InChI=1S/C11H15N3/c1-2-3-4-5-10-11-9(6-7-12-10)8-13-14-11/h6-8H,2-5H2,1H3,(H,13,14). The Labute approximate surface area is 83.6 Å². The van der Waals surface area contributed by atoms with Crippen LogP contribution in [0.1, 0.15) is 31.9 Å². The van der Waals surface area contributed by atoms with E-state index in [-0.39, 0.29) is 0 Å². The number of hydrogen-bond donors (Lipinski definition) is 1. The van der Waals surface area contributed by atoms with Gasteiger partial charge >= 0.3 is 0 Å². The van der Waals surface area contributed by atoms with Crippen molar-refractivity contribution in [3.63, 3.8) is 0 Å². The molecule has 0 fully saturated rings. The molecule has 0 amide bonds. The smallest absolute Gasteiger partial charge is 0.114 e. The minimum absolute atomic E-state index is 1.03. The zero-order valence-corrected chi connectivity index (χ0v) is 8.45. The van der Waals surface area contributed by atoms with Crippen molar-refractivity contribution >= 4 is 10.9 Å². The second-order valence-corrected chi connectivity index (χ2v) is 3.54. The third-order valence-corrected chi connectivity index (χ3v) is 2.44. The summed E-state index contributed by atoms with van der Waals surface area (Å²) in [6.45, 7) is 2.21. The van der Waals surface area contributed by atoms with Crippen molar-refractivity contribution in [3.8, 4) is 0 Å². The Morgan fingerprint density at radius 1 is 1.36 bits per heavy atom. The average Bonchev–Trinajstić information content (AvgIpc) is 2.67. The monoisotopic (exact) mass is 189 g/mol. The van der Waals surface area contributed by atoms with Gasteiger partial charge < -0.3 is 0 Å². The lowest BCUT2D eigenvalue weighted by atomic mass is 10.1. The van der Waals surface area contributed by atoms with Crippen molar-refractivity contribution in [1.29, 1.82) is 0 Å². The van der Waals surface area contributed by atoms with Crippen LogP contribution in [0.15, 0.2) is 18.5 Å². The molecule has 0 saturated carbocycles. The number of H-pyrrole nitrogens is 1. The molecule has 0 bridgehead atoms. The predicted molar refractivity (Wildman–Crippen MR) is 57.1 cm³/mol. The molecular weight excluding hydrogens is 174 g/mol. The number of hydrogen-bond acceptors (Lipinski definition) is 2. The summed E-state index contributed by atoms with van der Waals surface area (Å²) in [5.41, 5.74) is 2.15. The Morgan fingerprint density at radius 2 is 2.29 bits per heavy atom. The van der Waals surface area contributed by atoms with Gasteiger partial charge in [0.05, 0.1) is 5.69 Å². The Balaban J connectivity index is 2.19. The fourth-order valence-corrected chi connectivity index (χ4v) is 1.65. The van der Waals surface area contributed by atoms with Crippen LogP contribution < -0.4 is 0 Å². The molecule has 0 spiro atoms. The van der Waals surface area contributed by atoms with Gasteiger partial charge in [-0.05, 0) is 18.9 Å². The van der Waals surface area contributed by atoms with Crippen LogP contribution in [0.3, 0.4) is 0 Å². The molecule has 2 aromatic rings. The summed E-state index contributed by atoms with van der Waals surface area (Å²) in [6.07, 6.45) is 8.53. The molecule has 2 aromatic heterocycles. The lowest BCUT2D eigenvalue weighted by Crippen LogP contribution is -1.91. The Morgan fingerprint density at radius 3 is 3.14 bits per heavy atom. The van der Waals surface area contributed by atoms with Gasteiger partial charge in [0.15, 0.2) is 0 Å².